The van der Waals surface area contributed by atoms with Crippen molar-refractivity contribution in [2.24, 2.45) is 0 Å². The lowest BCUT2D eigenvalue weighted by atomic mass is 10.0. The van der Waals surface area contributed by atoms with E-state index in [4.69, 9.17) is 0 Å². The average Bonchev–Trinajstić information content (AvgIpc) is 2.79. The van der Waals surface area contributed by atoms with E-state index in [-0.39, 0.29) is 5.91 Å². The second-order valence-electron chi connectivity index (χ2n) is 7.56. The maximum Gasteiger partial charge on any atom is 0.251 e. The van der Waals surface area contributed by atoms with Crippen molar-refractivity contribution in [2.45, 2.75) is 44.9 Å². The molecule has 0 radical (unpaired) electrons. The Morgan fingerprint density at radius 3 is 2.00 bits per heavy atom. The molecule has 0 unspecified atom stereocenters. The SMILES string of the molecule is O=C(NCCCCCCCCc1ccccc1)c1cccc(-c2ccccc2)c1. The van der Waals surface area contributed by atoms with Crippen molar-refractivity contribution < 1.29 is 4.79 Å². The molecule has 3 aromatic carbocycles. The van der Waals surface area contributed by atoms with E-state index in [0.717, 1.165) is 29.7 Å². The number of benzene rings is 3. The van der Waals surface area contributed by atoms with Crippen molar-refractivity contribution in [1.29, 1.82) is 0 Å². The zero-order valence-electron chi connectivity index (χ0n) is 17.1. The highest BCUT2D eigenvalue weighted by atomic mass is 16.1. The van der Waals surface area contributed by atoms with Crippen LogP contribution >= 0.6 is 0 Å². The van der Waals surface area contributed by atoms with Gasteiger partial charge >= 0.3 is 0 Å². The Morgan fingerprint density at radius 1 is 0.621 bits per heavy atom. The van der Waals surface area contributed by atoms with E-state index >= 15 is 0 Å². The topological polar surface area (TPSA) is 29.1 Å². The molecule has 29 heavy (non-hydrogen) atoms. The highest BCUT2D eigenvalue weighted by Crippen LogP contribution is 2.20. The first-order chi connectivity index (χ1) is 14.3. The van der Waals surface area contributed by atoms with Gasteiger partial charge in [0.2, 0.25) is 0 Å². The Labute approximate surface area is 175 Å². The third-order valence-electron chi connectivity index (χ3n) is 5.25. The predicted molar refractivity (Wildman–Crippen MR) is 122 cm³/mol. The maximum absolute atomic E-state index is 12.4. The van der Waals surface area contributed by atoms with Crippen LogP contribution in [0.5, 0.6) is 0 Å². The van der Waals surface area contributed by atoms with Gasteiger partial charge in [-0.05, 0) is 48.1 Å². The molecule has 0 aromatic heterocycles. The lowest BCUT2D eigenvalue weighted by molar-refractivity contribution is 0.0953. The number of rotatable bonds is 11. The van der Waals surface area contributed by atoms with Gasteiger partial charge in [0.15, 0.2) is 0 Å². The van der Waals surface area contributed by atoms with E-state index in [9.17, 15) is 4.79 Å². The van der Waals surface area contributed by atoms with E-state index in [1.165, 1.54) is 44.1 Å². The Morgan fingerprint density at radius 2 is 1.24 bits per heavy atom. The summed E-state index contributed by atoms with van der Waals surface area (Å²) in [7, 11) is 0. The van der Waals surface area contributed by atoms with E-state index in [0.29, 0.717) is 0 Å². The summed E-state index contributed by atoms with van der Waals surface area (Å²) >= 11 is 0. The van der Waals surface area contributed by atoms with Crippen LogP contribution in [0.1, 0.15) is 54.4 Å². The van der Waals surface area contributed by atoms with Crippen molar-refractivity contribution in [3.63, 3.8) is 0 Å². The van der Waals surface area contributed by atoms with Crippen molar-refractivity contribution in [1.82, 2.24) is 5.32 Å². The van der Waals surface area contributed by atoms with Gasteiger partial charge in [0.05, 0.1) is 0 Å². The van der Waals surface area contributed by atoms with Crippen LogP contribution in [-0.2, 0) is 6.42 Å². The van der Waals surface area contributed by atoms with Crippen LogP contribution < -0.4 is 5.32 Å². The zero-order valence-corrected chi connectivity index (χ0v) is 17.1. The molecular formula is C27H31NO. The standard InChI is InChI=1S/C27H31NO/c29-27(26-20-13-19-25(22-26)24-17-10-6-11-18-24)28-21-12-4-2-1-3-7-14-23-15-8-5-9-16-23/h5-6,8-11,13,15-20,22H,1-4,7,12,14,21H2,(H,28,29). The summed E-state index contributed by atoms with van der Waals surface area (Å²) in [4.78, 5) is 12.4. The molecular weight excluding hydrogens is 354 g/mol. The Balaban J connectivity index is 1.28. The first kappa shape index (κ1) is 20.9. The smallest absolute Gasteiger partial charge is 0.251 e. The minimum atomic E-state index is 0.0191. The number of hydrogen-bond donors (Lipinski definition) is 1. The summed E-state index contributed by atoms with van der Waals surface area (Å²) in [5, 5.41) is 3.06. The minimum absolute atomic E-state index is 0.0191. The zero-order chi connectivity index (χ0) is 20.2. The van der Waals surface area contributed by atoms with Crippen LogP contribution in [0.3, 0.4) is 0 Å². The van der Waals surface area contributed by atoms with Gasteiger partial charge < -0.3 is 5.32 Å². The van der Waals surface area contributed by atoms with Crippen LogP contribution in [0.4, 0.5) is 0 Å². The first-order valence-electron chi connectivity index (χ1n) is 10.8. The van der Waals surface area contributed by atoms with Crippen molar-refractivity contribution in [3.8, 4) is 11.1 Å². The molecule has 0 bridgehead atoms. The molecule has 0 saturated heterocycles. The molecule has 0 spiro atoms. The van der Waals surface area contributed by atoms with Crippen LogP contribution in [0.15, 0.2) is 84.9 Å². The van der Waals surface area contributed by atoms with E-state index < -0.39 is 0 Å². The second-order valence-corrected chi connectivity index (χ2v) is 7.56. The molecule has 1 N–H and O–H groups in total. The van der Waals surface area contributed by atoms with Crippen molar-refractivity contribution in [2.75, 3.05) is 6.54 Å². The number of unbranched alkanes of at least 4 members (excludes halogenated alkanes) is 5. The third kappa shape index (κ3) is 7.23. The lowest BCUT2D eigenvalue weighted by Gasteiger charge is -2.08. The largest absolute Gasteiger partial charge is 0.352 e. The fraction of sp³-hybridized carbons (Fsp3) is 0.296. The summed E-state index contributed by atoms with van der Waals surface area (Å²) in [5.41, 5.74) is 4.38. The summed E-state index contributed by atoms with van der Waals surface area (Å²) in [6.45, 7) is 0.748. The number of nitrogens with one attached hydrogen (secondary N) is 1. The normalized spacial score (nSPS) is 10.6. The second kappa shape index (κ2) is 11.9. The van der Waals surface area contributed by atoms with Gasteiger partial charge in [-0.25, -0.2) is 0 Å². The maximum atomic E-state index is 12.4. The van der Waals surface area contributed by atoms with Crippen LogP contribution in [0, 0.1) is 0 Å². The Kier molecular flexibility index (Phi) is 8.53. The summed E-state index contributed by atoms with van der Waals surface area (Å²) in [5.74, 6) is 0.0191. The number of hydrogen-bond acceptors (Lipinski definition) is 1. The van der Waals surface area contributed by atoms with Crippen LogP contribution in [-0.4, -0.2) is 12.5 Å². The van der Waals surface area contributed by atoms with E-state index in [2.05, 4.69) is 47.8 Å². The highest BCUT2D eigenvalue weighted by molar-refractivity contribution is 5.95. The predicted octanol–water partition coefficient (Wildman–Crippen LogP) is 6.67. The number of carbonyl (C=O) groups is 1. The minimum Gasteiger partial charge on any atom is -0.352 e. The quantitative estimate of drug-likeness (QED) is 0.367. The summed E-state index contributed by atoms with van der Waals surface area (Å²) < 4.78 is 0. The monoisotopic (exact) mass is 385 g/mol. The van der Waals surface area contributed by atoms with Crippen LogP contribution in [0.2, 0.25) is 0 Å². The van der Waals surface area contributed by atoms with Gasteiger partial charge in [-0.2, -0.15) is 0 Å². The molecule has 0 aliphatic heterocycles. The van der Waals surface area contributed by atoms with Gasteiger partial charge in [-0.1, -0.05) is 98.5 Å². The van der Waals surface area contributed by atoms with Gasteiger partial charge in [0.1, 0.15) is 0 Å². The summed E-state index contributed by atoms with van der Waals surface area (Å²) in [6.07, 6.45) is 8.47. The Hall–Kier alpha value is -2.87. The molecule has 2 nitrogen and oxygen atoms in total. The lowest BCUT2D eigenvalue weighted by Crippen LogP contribution is -2.24. The number of amides is 1. The summed E-state index contributed by atoms with van der Waals surface area (Å²) in [6, 6.07) is 28.7. The molecule has 2 heteroatoms. The molecule has 150 valence electrons. The molecule has 0 fully saturated rings. The van der Waals surface area contributed by atoms with E-state index in [1.807, 2.05) is 42.5 Å². The first-order valence-corrected chi connectivity index (χ1v) is 10.8. The van der Waals surface area contributed by atoms with Crippen molar-refractivity contribution in [3.05, 3.63) is 96.1 Å². The fourth-order valence-corrected chi connectivity index (χ4v) is 3.58. The van der Waals surface area contributed by atoms with Gasteiger partial charge in [-0.3, -0.25) is 4.79 Å². The van der Waals surface area contributed by atoms with Crippen LogP contribution in [0.25, 0.3) is 11.1 Å². The van der Waals surface area contributed by atoms with Crippen molar-refractivity contribution >= 4 is 5.91 Å². The molecule has 1 amide bonds. The average molecular weight is 386 g/mol. The molecule has 0 atom stereocenters. The van der Waals surface area contributed by atoms with E-state index in [1.54, 1.807) is 0 Å². The van der Waals surface area contributed by atoms with Gasteiger partial charge in [0, 0.05) is 12.1 Å². The number of aryl methyl sites for hydroxylation is 1. The third-order valence-corrected chi connectivity index (χ3v) is 5.25. The number of carbonyl (C=O) groups excluding carboxylic acids is 1. The molecule has 3 aromatic rings. The molecule has 0 heterocycles. The molecule has 0 aliphatic rings. The molecule has 3 rings (SSSR count). The van der Waals surface area contributed by atoms with Gasteiger partial charge in [-0.15, -0.1) is 0 Å². The highest BCUT2D eigenvalue weighted by Gasteiger charge is 2.06. The fourth-order valence-electron chi connectivity index (χ4n) is 3.58. The Bertz CT molecular complexity index is 858. The van der Waals surface area contributed by atoms with Gasteiger partial charge in [0.25, 0.3) is 5.91 Å². The molecule has 0 aliphatic carbocycles. The molecule has 0 saturated carbocycles.